The van der Waals surface area contributed by atoms with E-state index in [2.05, 4.69) is 47.8 Å². The molecule has 0 aliphatic rings. The summed E-state index contributed by atoms with van der Waals surface area (Å²) >= 11 is 1.76. The molecule has 0 spiro atoms. The van der Waals surface area contributed by atoms with Crippen LogP contribution in [0.4, 0.5) is 0 Å². The average molecular weight is 372 g/mol. The molecule has 26 heavy (non-hydrogen) atoms. The maximum absolute atomic E-state index is 4.61. The van der Waals surface area contributed by atoms with Crippen molar-refractivity contribution in [3.8, 4) is 10.6 Å². The molecule has 1 nitrogen and oxygen atoms in total. The molecule has 2 heterocycles. The zero-order chi connectivity index (χ0) is 18.3. The van der Waals surface area contributed by atoms with E-state index < -0.39 is 0 Å². The molecule has 0 atom stereocenters. The van der Waals surface area contributed by atoms with E-state index in [1.165, 1.54) is 100 Å². The molecule has 2 aromatic heterocycles. The molecular weight excluding hydrogens is 334 g/mol. The number of unbranched alkanes of at least 4 members (excludes halogenated alkanes) is 12. The van der Waals surface area contributed by atoms with Crippen molar-refractivity contribution in [2.75, 3.05) is 0 Å². The quantitative estimate of drug-likeness (QED) is 0.286. The Balaban J connectivity index is 1.41. The first-order chi connectivity index (χ1) is 12.9. The van der Waals surface area contributed by atoms with Crippen molar-refractivity contribution in [3.05, 3.63) is 41.4 Å². The number of thiophene rings is 1. The molecule has 0 saturated carbocycles. The van der Waals surface area contributed by atoms with Gasteiger partial charge in [0.05, 0.1) is 10.6 Å². The van der Waals surface area contributed by atoms with Crippen LogP contribution in [0.15, 0.2) is 35.8 Å². The van der Waals surface area contributed by atoms with Crippen LogP contribution >= 0.6 is 11.3 Å². The predicted molar refractivity (Wildman–Crippen MR) is 117 cm³/mol. The lowest BCUT2D eigenvalue weighted by Crippen LogP contribution is -1.89. The number of rotatable bonds is 15. The Labute approximate surface area is 165 Å². The van der Waals surface area contributed by atoms with E-state index in [0.717, 1.165) is 5.69 Å². The number of pyridine rings is 1. The van der Waals surface area contributed by atoms with E-state index in [9.17, 15) is 0 Å². The van der Waals surface area contributed by atoms with Gasteiger partial charge in [-0.25, -0.2) is 0 Å². The van der Waals surface area contributed by atoms with Gasteiger partial charge in [0.2, 0.25) is 0 Å². The Hall–Kier alpha value is -1.15. The molecule has 2 rings (SSSR count). The number of hydrogen-bond donors (Lipinski definition) is 0. The molecule has 0 bridgehead atoms. The summed E-state index contributed by atoms with van der Waals surface area (Å²) in [7, 11) is 0. The van der Waals surface area contributed by atoms with E-state index >= 15 is 0 Å². The second-order valence-electron chi connectivity index (χ2n) is 7.52. The topological polar surface area (TPSA) is 12.9 Å². The largest absolute Gasteiger partial charge is 0.255 e. The Morgan fingerprint density at radius 3 is 1.85 bits per heavy atom. The highest BCUT2D eigenvalue weighted by Crippen LogP contribution is 2.22. The van der Waals surface area contributed by atoms with Crippen molar-refractivity contribution in [1.29, 1.82) is 0 Å². The van der Waals surface area contributed by atoms with E-state index in [1.807, 2.05) is 0 Å². The zero-order valence-electron chi connectivity index (χ0n) is 16.7. The molecule has 0 amide bonds. The molecule has 0 radical (unpaired) electrons. The van der Waals surface area contributed by atoms with Crippen LogP contribution in [0.2, 0.25) is 0 Å². The number of hydrogen-bond acceptors (Lipinski definition) is 2. The summed E-state index contributed by atoms with van der Waals surface area (Å²) < 4.78 is 0. The normalized spacial score (nSPS) is 11.1. The van der Waals surface area contributed by atoms with Crippen molar-refractivity contribution in [2.45, 2.75) is 96.8 Å². The highest BCUT2D eigenvalue weighted by molar-refractivity contribution is 7.13. The van der Waals surface area contributed by atoms with Crippen LogP contribution in [0.5, 0.6) is 0 Å². The van der Waals surface area contributed by atoms with Gasteiger partial charge in [-0.05, 0) is 35.9 Å². The smallest absolute Gasteiger partial charge is 0.0801 e. The van der Waals surface area contributed by atoms with Crippen molar-refractivity contribution in [3.63, 3.8) is 0 Å². The van der Waals surface area contributed by atoms with Gasteiger partial charge in [0.25, 0.3) is 0 Å². The van der Waals surface area contributed by atoms with Crippen LogP contribution in [-0.2, 0) is 6.42 Å². The van der Waals surface area contributed by atoms with Crippen LogP contribution in [0, 0.1) is 0 Å². The van der Waals surface area contributed by atoms with Gasteiger partial charge in [-0.15, -0.1) is 11.3 Å². The third-order valence-electron chi connectivity index (χ3n) is 5.17. The van der Waals surface area contributed by atoms with Crippen molar-refractivity contribution >= 4 is 11.3 Å². The molecule has 2 aromatic rings. The average Bonchev–Trinajstić information content (AvgIpc) is 3.21. The van der Waals surface area contributed by atoms with Crippen molar-refractivity contribution in [2.24, 2.45) is 0 Å². The van der Waals surface area contributed by atoms with Gasteiger partial charge in [0.1, 0.15) is 0 Å². The molecule has 0 fully saturated rings. The Bertz CT molecular complexity index is 544. The monoisotopic (exact) mass is 371 g/mol. The standard InChI is InChI=1S/C24H37NS/c1-2-3-4-5-6-7-8-9-10-11-12-13-14-16-22-18-19-23(25-21-22)24-17-15-20-26-24/h15,17-21H,2-14,16H2,1H3. The van der Waals surface area contributed by atoms with Crippen LogP contribution in [0.3, 0.4) is 0 Å². The second-order valence-corrected chi connectivity index (χ2v) is 8.47. The second kappa shape index (κ2) is 14.0. The lowest BCUT2D eigenvalue weighted by molar-refractivity contribution is 0.539. The van der Waals surface area contributed by atoms with Gasteiger partial charge in [0.15, 0.2) is 0 Å². The zero-order valence-corrected chi connectivity index (χ0v) is 17.5. The number of nitrogens with zero attached hydrogens (tertiary/aromatic N) is 1. The summed E-state index contributed by atoms with van der Waals surface area (Å²) in [4.78, 5) is 5.87. The minimum Gasteiger partial charge on any atom is -0.255 e. The SMILES string of the molecule is CCCCCCCCCCCCCCCc1ccc(-c2cccs2)nc1. The summed E-state index contributed by atoms with van der Waals surface area (Å²) in [6, 6.07) is 8.65. The van der Waals surface area contributed by atoms with Crippen molar-refractivity contribution < 1.29 is 0 Å². The highest BCUT2D eigenvalue weighted by Gasteiger charge is 2.01. The van der Waals surface area contributed by atoms with Gasteiger partial charge in [0, 0.05) is 6.20 Å². The van der Waals surface area contributed by atoms with Gasteiger partial charge >= 0.3 is 0 Å². The molecule has 0 N–H and O–H groups in total. The Morgan fingerprint density at radius 1 is 0.731 bits per heavy atom. The lowest BCUT2D eigenvalue weighted by atomic mass is 10.0. The molecule has 0 saturated heterocycles. The summed E-state index contributed by atoms with van der Waals surface area (Å²) in [5.41, 5.74) is 2.49. The first-order valence-electron chi connectivity index (χ1n) is 10.9. The van der Waals surface area contributed by atoms with Crippen LogP contribution in [-0.4, -0.2) is 4.98 Å². The molecule has 2 heteroatoms. The predicted octanol–water partition coefficient (Wildman–Crippen LogP) is 8.44. The maximum atomic E-state index is 4.61. The molecule has 0 aliphatic carbocycles. The minimum atomic E-state index is 1.11. The third-order valence-corrected chi connectivity index (χ3v) is 6.06. The summed E-state index contributed by atoms with van der Waals surface area (Å²) in [6.07, 6.45) is 21.7. The van der Waals surface area contributed by atoms with Crippen LogP contribution in [0.25, 0.3) is 10.6 Å². The molecular formula is C24H37NS. The Kier molecular flexibility index (Phi) is 11.4. The van der Waals surface area contributed by atoms with E-state index in [1.54, 1.807) is 11.3 Å². The third kappa shape index (κ3) is 8.98. The first-order valence-corrected chi connectivity index (χ1v) is 11.8. The summed E-state index contributed by atoms with van der Waals surface area (Å²) in [5.74, 6) is 0. The number of aromatic nitrogens is 1. The van der Waals surface area contributed by atoms with E-state index in [-0.39, 0.29) is 0 Å². The summed E-state index contributed by atoms with van der Waals surface area (Å²) in [5, 5.41) is 2.11. The molecule has 0 unspecified atom stereocenters. The first kappa shape index (κ1) is 21.2. The molecule has 0 aromatic carbocycles. The van der Waals surface area contributed by atoms with E-state index in [4.69, 9.17) is 0 Å². The van der Waals surface area contributed by atoms with Crippen molar-refractivity contribution in [1.82, 2.24) is 4.98 Å². The van der Waals surface area contributed by atoms with Gasteiger partial charge in [-0.3, -0.25) is 4.98 Å². The Morgan fingerprint density at radius 2 is 1.35 bits per heavy atom. The summed E-state index contributed by atoms with van der Waals surface area (Å²) in [6.45, 7) is 2.29. The minimum absolute atomic E-state index is 1.11. The highest BCUT2D eigenvalue weighted by atomic mass is 32.1. The lowest BCUT2D eigenvalue weighted by Gasteiger charge is -2.04. The van der Waals surface area contributed by atoms with Gasteiger partial charge < -0.3 is 0 Å². The fraction of sp³-hybridized carbons (Fsp3) is 0.625. The number of aryl methyl sites for hydroxylation is 1. The van der Waals surface area contributed by atoms with Gasteiger partial charge in [-0.1, -0.05) is 96.1 Å². The fourth-order valence-electron chi connectivity index (χ4n) is 3.49. The van der Waals surface area contributed by atoms with Gasteiger partial charge in [-0.2, -0.15) is 0 Å². The van der Waals surface area contributed by atoms with Crippen LogP contribution < -0.4 is 0 Å². The molecule has 144 valence electrons. The fourth-order valence-corrected chi connectivity index (χ4v) is 4.19. The van der Waals surface area contributed by atoms with Crippen LogP contribution in [0.1, 0.15) is 96.0 Å². The van der Waals surface area contributed by atoms with E-state index in [0.29, 0.717) is 0 Å². The maximum Gasteiger partial charge on any atom is 0.0801 e. The molecule has 0 aliphatic heterocycles.